The Hall–Kier alpha value is -4.11. The molecule has 176 valence electrons. The van der Waals surface area contributed by atoms with E-state index in [0.717, 1.165) is 23.5 Å². The number of benzene rings is 3. The average molecular weight is 493 g/mol. The van der Waals surface area contributed by atoms with Gasteiger partial charge in [-0.15, -0.1) is 0 Å². The third-order valence-electron chi connectivity index (χ3n) is 5.59. The monoisotopic (exact) mass is 492 g/mol. The zero-order chi connectivity index (χ0) is 24.7. The molecule has 3 aromatic carbocycles. The molecule has 0 spiro atoms. The summed E-state index contributed by atoms with van der Waals surface area (Å²) in [7, 11) is 0. The predicted octanol–water partition coefficient (Wildman–Crippen LogP) is 5.60. The third-order valence-corrected chi connectivity index (χ3v) is 6.61. The largest absolute Gasteiger partial charge is 0.507 e. The van der Waals surface area contributed by atoms with E-state index < -0.39 is 35.1 Å². The summed E-state index contributed by atoms with van der Waals surface area (Å²) in [6, 6.07) is 14.8. The molecule has 1 amide bonds. The van der Waals surface area contributed by atoms with Crippen molar-refractivity contribution < 1.29 is 28.2 Å². The highest BCUT2D eigenvalue weighted by Gasteiger charge is 2.48. The molecule has 0 radical (unpaired) electrons. The second kappa shape index (κ2) is 8.92. The van der Waals surface area contributed by atoms with Crippen molar-refractivity contribution in [3.63, 3.8) is 0 Å². The standard InChI is InChI=1S/C26H18F2N2O4S/c1-2-34-18-5-3-4-15(12-18)22-21(23(31)14-6-8-16(27)9-7-14)24(32)25(33)30(22)26-29-19-11-10-17(28)13-20(19)35-26/h3-13,22,31H,2H2,1H3. The van der Waals surface area contributed by atoms with Crippen molar-refractivity contribution in [2.45, 2.75) is 13.0 Å². The highest BCUT2D eigenvalue weighted by Crippen LogP contribution is 2.44. The summed E-state index contributed by atoms with van der Waals surface area (Å²) >= 11 is 1.06. The number of carbonyl (C=O) groups excluding carboxylic acids is 2. The van der Waals surface area contributed by atoms with Crippen LogP contribution in [0.5, 0.6) is 5.75 Å². The summed E-state index contributed by atoms with van der Waals surface area (Å²) < 4.78 is 33.3. The number of thiazole rings is 1. The summed E-state index contributed by atoms with van der Waals surface area (Å²) in [4.78, 5) is 32.2. The Morgan fingerprint density at radius 1 is 1.06 bits per heavy atom. The molecule has 0 aliphatic carbocycles. The van der Waals surface area contributed by atoms with Gasteiger partial charge in [-0.1, -0.05) is 23.5 Å². The molecule has 35 heavy (non-hydrogen) atoms. The van der Waals surface area contributed by atoms with Crippen LogP contribution in [0.2, 0.25) is 0 Å². The predicted molar refractivity (Wildman–Crippen MR) is 128 cm³/mol. The summed E-state index contributed by atoms with van der Waals surface area (Å²) in [6.07, 6.45) is 0. The summed E-state index contributed by atoms with van der Waals surface area (Å²) in [5.74, 6) is -2.69. The molecule has 0 bridgehead atoms. The number of nitrogens with zero attached hydrogens (tertiary/aromatic N) is 2. The molecule has 1 saturated heterocycles. The summed E-state index contributed by atoms with van der Waals surface area (Å²) in [5.41, 5.74) is 0.986. The van der Waals surface area contributed by atoms with Crippen molar-refractivity contribution >= 4 is 44.1 Å². The Morgan fingerprint density at radius 3 is 2.54 bits per heavy atom. The summed E-state index contributed by atoms with van der Waals surface area (Å²) in [5, 5.41) is 11.3. The van der Waals surface area contributed by atoms with Gasteiger partial charge in [0.15, 0.2) is 5.13 Å². The van der Waals surface area contributed by atoms with E-state index in [4.69, 9.17) is 4.74 Å². The number of halogens is 2. The van der Waals surface area contributed by atoms with Crippen LogP contribution < -0.4 is 9.64 Å². The van der Waals surface area contributed by atoms with Gasteiger partial charge >= 0.3 is 5.91 Å². The maximum Gasteiger partial charge on any atom is 0.301 e. The minimum Gasteiger partial charge on any atom is -0.507 e. The molecule has 6 nitrogen and oxygen atoms in total. The van der Waals surface area contributed by atoms with Gasteiger partial charge in [0.25, 0.3) is 5.78 Å². The van der Waals surface area contributed by atoms with Gasteiger partial charge in [0.2, 0.25) is 0 Å². The number of aliphatic hydroxyl groups excluding tert-OH is 1. The van der Waals surface area contributed by atoms with Crippen LogP contribution in [0.25, 0.3) is 16.0 Å². The second-order valence-corrected chi connectivity index (χ2v) is 8.80. The molecule has 2 heterocycles. The summed E-state index contributed by atoms with van der Waals surface area (Å²) in [6.45, 7) is 2.23. The number of ketones is 1. The van der Waals surface area contributed by atoms with E-state index >= 15 is 0 Å². The Kier molecular flexibility index (Phi) is 5.78. The quantitative estimate of drug-likeness (QED) is 0.223. The van der Waals surface area contributed by atoms with E-state index in [9.17, 15) is 23.5 Å². The number of hydrogen-bond donors (Lipinski definition) is 1. The number of hydrogen-bond acceptors (Lipinski definition) is 6. The van der Waals surface area contributed by atoms with Crippen LogP contribution >= 0.6 is 11.3 Å². The van der Waals surface area contributed by atoms with Gasteiger partial charge in [0.1, 0.15) is 23.1 Å². The van der Waals surface area contributed by atoms with Gasteiger partial charge in [0.05, 0.1) is 28.4 Å². The first-order valence-corrected chi connectivity index (χ1v) is 11.5. The second-order valence-electron chi connectivity index (χ2n) is 7.79. The highest BCUT2D eigenvalue weighted by molar-refractivity contribution is 7.22. The Labute approximate surface area is 202 Å². The van der Waals surface area contributed by atoms with Crippen LogP contribution in [-0.4, -0.2) is 28.4 Å². The van der Waals surface area contributed by atoms with Crippen molar-refractivity contribution in [2.24, 2.45) is 0 Å². The van der Waals surface area contributed by atoms with Gasteiger partial charge in [-0.3, -0.25) is 14.5 Å². The molecule has 1 aliphatic heterocycles. The first kappa shape index (κ1) is 22.7. The van der Waals surface area contributed by atoms with E-state index in [0.29, 0.717) is 28.1 Å². The average Bonchev–Trinajstić information content (AvgIpc) is 3.37. The number of anilines is 1. The van der Waals surface area contributed by atoms with E-state index in [2.05, 4.69) is 4.98 Å². The van der Waals surface area contributed by atoms with Crippen LogP contribution in [0.3, 0.4) is 0 Å². The third kappa shape index (κ3) is 4.04. The minimum absolute atomic E-state index is 0.166. The van der Waals surface area contributed by atoms with Crippen LogP contribution in [0, 0.1) is 11.6 Å². The normalized spacial score (nSPS) is 17.3. The molecule has 9 heteroatoms. The van der Waals surface area contributed by atoms with E-state index in [1.54, 1.807) is 24.3 Å². The molecule has 5 rings (SSSR count). The van der Waals surface area contributed by atoms with Gasteiger partial charge < -0.3 is 9.84 Å². The van der Waals surface area contributed by atoms with Gasteiger partial charge in [-0.25, -0.2) is 13.8 Å². The molecule has 1 fully saturated rings. The lowest BCUT2D eigenvalue weighted by molar-refractivity contribution is -0.132. The van der Waals surface area contributed by atoms with Crippen molar-refractivity contribution in [3.8, 4) is 5.75 Å². The van der Waals surface area contributed by atoms with Crippen molar-refractivity contribution in [1.82, 2.24) is 4.98 Å². The number of Topliss-reactive ketones (excluding diaryl/α,β-unsaturated/α-hetero) is 1. The van der Waals surface area contributed by atoms with E-state index in [-0.39, 0.29) is 16.3 Å². The highest BCUT2D eigenvalue weighted by atomic mass is 32.1. The maximum absolute atomic E-state index is 13.8. The number of aliphatic hydroxyl groups is 1. The lowest BCUT2D eigenvalue weighted by Crippen LogP contribution is -2.29. The SMILES string of the molecule is CCOc1cccc(C2C(=C(O)c3ccc(F)cc3)C(=O)C(=O)N2c2nc3ccc(F)cc3s2)c1. The van der Waals surface area contributed by atoms with Crippen LogP contribution in [0.15, 0.2) is 72.3 Å². The van der Waals surface area contributed by atoms with Crippen molar-refractivity contribution in [1.29, 1.82) is 0 Å². The number of fused-ring (bicyclic) bond motifs is 1. The number of ether oxygens (including phenoxy) is 1. The lowest BCUT2D eigenvalue weighted by atomic mass is 9.95. The fourth-order valence-corrected chi connectivity index (χ4v) is 5.06. The van der Waals surface area contributed by atoms with Gasteiger partial charge in [-0.05, 0) is 67.1 Å². The van der Waals surface area contributed by atoms with Crippen LogP contribution in [0.1, 0.15) is 24.1 Å². The fourth-order valence-electron chi connectivity index (χ4n) is 4.04. The molecule has 1 aliphatic rings. The molecular formula is C26H18F2N2O4S. The van der Waals surface area contributed by atoms with Crippen molar-refractivity contribution in [2.75, 3.05) is 11.5 Å². The zero-order valence-corrected chi connectivity index (χ0v) is 19.2. The molecule has 1 atom stereocenters. The number of aromatic nitrogens is 1. The minimum atomic E-state index is -1.04. The number of rotatable bonds is 5. The fraction of sp³-hybridized carbons (Fsp3) is 0.115. The molecule has 0 saturated carbocycles. The first-order chi connectivity index (χ1) is 16.9. The Bertz CT molecular complexity index is 1500. The molecule has 1 unspecified atom stereocenters. The first-order valence-electron chi connectivity index (χ1n) is 10.7. The topological polar surface area (TPSA) is 79.7 Å². The Balaban J connectivity index is 1.72. The zero-order valence-electron chi connectivity index (χ0n) is 18.4. The van der Waals surface area contributed by atoms with E-state index in [1.165, 1.54) is 35.2 Å². The maximum atomic E-state index is 13.8. The Morgan fingerprint density at radius 2 is 1.80 bits per heavy atom. The lowest BCUT2D eigenvalue weighted by Gasteiger charge is -2.23. The number of amides is 1. The number of carbonyl (C=O) groups is 2. The van der Waals surface area contributed by atoms with Crippen LogP contribution in [-0.2, 0) is 9.59 Å². The van der Waals surface area contributed by atoms with E-state index in [1.807, 2.05) is 6.92 Å². The molecule has 4 aromatic rings. The van der Waals surface area contributed by atoms with Gasteiger partial charge in [0, 0.05) is 5.56 Å². The van der Waals surface area contributed by atoms with Crippen molar-refractivity contribution in [3.05, 3.63) is 95.1 Å². The smallest absolute Gasteiger partial charge is 0.301 e. The molecular weight excluding hydrogens is 474 g/mol. The van der Waals surface area contributed by atoms with Crippen LogP contribution in [0.4, 0.5) is 13.9 Å². The molecule has 1 N–H and O–H groups in total. The molecule has 1 aromatic heterocycles. The van der Waals surface area contributed by atoms with Gasteiger partial charge in [-0.2, -0.15) is 0 Å².